The van der Waals surface area contributed by atoms with E-state index >= 15 is 0 Å². The Balaban J connectivity index is 1.59. The van der Waals surface area contributed by atoms with Gasteiger partial charge in [0.1, 0.15) is 23.4 Å². The Morgan fingerprint density at radius 1 is 1.27 bits per heavy atom. The fourth-order valence-corrected chi connectivity index (χ4v) is 3.90. The Morgan fingerprint density at radius 3 is 2.97 bits per heavy atom. The highest BCUT2D eigenvalue weighted by atomic mass is 16.5. The van der Waals surface area contributed by atoms with Gasteiger partial charge in [0.2, 0.25) is 5.91 Å². The summed E-state index contributed by atoms with van der Waals surface area (Å²) in [4.78, 5) is 21.5. The van der Waals surface area contributed by atoms with Crippen LogP contribution in [0.15, 0.2) is 54.9 Å². The predicted octanol–water partition coefficient (Wildman–Crippen LogP) is 4.74. The number of nitriles is 1. The molecule has 1 N–H and O–H groups in total. The number of benzene rings is 2. The second-order valence-electron chi connectivity index (χ2n) is 7.60. The number of nitrogens with zero attached hydrogens (tertiary/aromatic N) is 3. The van der Waals surface area contributed by atoms with E-state index in [1.807, 2.05) is 48.3 Å². The zero-order valence-electron chi connectivity index (χ0n) is 17.0. The van der Waals surface area contributed by atoms with Gasteiger partial charge in [0.05, 0.1) is 11.6 Å². The lowest BCUT2D eigenvalue weighted by atomic mass is 10.0. The maximum absolute atomic E-state index is 12.3. The zero-order valence-corrected chi connectivity index (χ0v) is 17.0. The summed E-state index contributed by atoms with van der Waals surface area (Å²) in [6.45, 7) is 0. The van der Waals surface area contributed by atoms with Crippen molar-refractivity contribution in [1.29, 1.82) is 5.26 Å². The molecule has 1 unspecified atom stereocenters. The monoisotopic (exact) mass is 400 g/mol. The first-order valence-corrected chi connectivity index (χ1v) is 10.2. The lowest BCUT2D eigenvalue weighted by molar-refractivity contribution is -0.131. The Kier molecular flexibility index (Phi) is 5.80. The van der Waals surface area contributed by atoms with Crippen molar-refractivity contribution in [3.8, 4) is 17.6 Å². The number of H-pyrrole nitrogens is 1. The lowest BCUT2D eigenvalue weighted by Crippen LogP contribution is -2.29. The maximum atomic E-state index is 12.3. The molecule has 2 heterocycles. The van der Waals surface area contributed by atoms with Crippen molar-refractivity contribution < 1.29 is 9.53 Å². The third-order valence-corrected chi connectivity index (χ3v) is 5.54. The third-order valence-electron chi connectivity index (χ3n) is 5.54. The standard InChI is InChI=1S/C24H24N4O2/c1-28-21(7-2-3-8-24(28)29)18-5-4-6-20(15-18)30-22-13-17(9-10-19(22)16-25)14-23-26-11-12-27-23/h4-6,9-13,15,21H,2-3,7-8,14H2,1H3,(H,26,27). The molecule has 6 heteroatoms. The summed E-state index contributed by atoms with van der Waals surface area (Å²) in [6, 6.07) is 15.6. The van der Waals surface area contributed by atoms with Crippen LogP contribution in [-0.2, 0) is 11.2 Å². The minimum Gasteiger partial charge on any atom is -0.456 e. The molecule has 1 amide bonds. The second-order valence-corrected chi connectivity index (χ2v) is 7.60. The first kappa shape index (κ1) is 19.7. The Bertz CT molecular complexity index is 1070. The van der Waals surface area contributed by atoms with Crippen LogP contribution in [0.2, 0.25) is 0 Å². The number of hydrogen-bond acceptors (Lipinski definition) is 4. The van der Waals surface area contributed by atoms with E-state index in [1.54, 1.807) is 18.5 Å². The number of ether oxygens (including phenoxy) is 1. The highest BCUT2D eigenvalue weighted by Gasteiger charge is 2.24. The van der Waals surface area contributed by atoms with Crippen LogP contribution in [0.5, 0.6) is 11.5 Å². The highest BCUT2D eigenvalue weighted by Crippen LogP contribution is 2.33. The maximum Gasteiger partial charge on any atom is 0.222 e. The molecule has 4 rings (SSSR count). The summed E-state index contributed by atoms with van der Waals surface area (Å²) in [6.07, 6.45) is 7.65. The highest BCUT2D eigenvalue weighted by molar-refractivity contribution is 5.76. The van der Waals surface area contributed by atoms with Crippen molar-refractivity contribution >= 4 is 5.91 Å². The van der Waals surface area contributed by atoms with Crippen LogP contribution >= 0.6 is 0 Å². The molecule has 1 saturated heterocycles. The lowest BCUT2D eigenvalue weighted by Gasteiger charge is -2.26. The van der Waals surface area contributed by atoms with Crippen LogP contribution in [-0.4, -0.2) is 27.8 Å². The second kappa shape index (κ2) is 8.83. The molecule has 1 aliphatic heterocycles. The van der Waals surface area contributed by atoms with Gasteiger partial charge in [-0.3, -0.25) is 4.79 Å². The van der Waals surface area contributed by atoms with Crippen molar-refractivity contribution in [1.82, 2.24) is 14.9 Å². The molecular weight excluding hydrogens is 376 g/mol. The summed E-state index contributed by atoms with van der Waals surface area (Å²) < 4.78 is 6.13. The Hall–Kier alpha value is -3.59. The topological polar surface area (TPSA) is 82.0 Å². The molecule has 1 aromatic heterocycles. The minimum atomic E-state index is 0.0456. The smallest absolute Gasteiger partial charge is 0.222 e. The number of aromatic nitrogens is 2. The van der Waals surface area contributed by atoms with Crippen LogP contribution in [0, 0.1) is 11.3 Å². The van der Waals surface area contributed by atoms with E-state index in [9.17, 15) is 10.1 Å². The Morgan fingerprint density at radius 2 is 2.17 bits per heavy atom. The van der Waals surface area contributed by atoms with Crippen molar-refractivity contribution in [3.05, 3.63) is 77.4 Å². The molecule has 0 radical (unpaired) electrons. The summed E-state index contributed by atoms with van der Waals surface area (Å²) >= 11 is 0. The van der Waals surface area contributed by atoms with Crippen LogP contribution in [0.25, 0.3) is 0 Å². The number of imidazole rings is 1. The molecule has 3 aromatic rings. The van der Waals surface area contributed by atoms with Crippen molar-refractivity contribution in [2.45, 2.75) is 38.1 Å². The number of rotatable bonds is 5. The number of aromatic amines is 1. The van der Waals surface area contributed by atoms with Gasteiger partial charge in [-0.15, -0.1) is 0 Å². The van der Waals surface area contributed by atoms with Crippen LogP contribution in [0.4, 0.5) is 0 Å². The summed E-state index contributed by atoms with van der Waals surface area (Å²) in [5.74, 6) is 2.21. The molecule has 0 bridgehead atoms. The number of carbonyl (C=O) groups excluding carboxylic acids is 1. The molecule has 2 aromatic carbocycles. The van der Waals surface area contributed by atoms with E-state index in [0.717, 1.165) is 36.2 Å². The molecular formula is C24H24N4O2. The fraction of sp³-hybridized carbons (Fsp3) is 0.292. The molecule has 1 atom stereocenters. The molecule has 1 fully saturated rings. The van der Waals surface area contributed by atoms with Gasteiger partial charge >= 0.3 is 0 Å². The van der Waals surface area contributed by atoms with Gasteiger partial charge in [-0.05, 0) is 48.2 Å². The van der Waals surface area contributed by atoms with Gasteiger partial charge in [-0.2, -0.15) is 5.26 Å². The minimum absolute atomic E-state index is 0.0456. The zero-order chi connectivity index (χ0) is 20.9. The molecule has 152 valence electrons. The van der Waals surface area contributed by atoms with Gasteiger partial charge in [-0.25, -0.2) is 4.98 Å². The van der Waals surface area contributed by atoms with Gasteiger partial charge in [-0.1, -0.05) is 24.6 Å². The van der Waals surface area contributed by atoms with E-state index < -0.39 is 0 Å². The first-order valence-electron chi connectivity index (χ1n) is 10.2. The van der Waals surface area contributed by atoms with Crippen LogP contribution < -0.4 is 4.74 Å². The largest absolute Gasteiger partial charge is 0.456 e. The molecule has 0 spiro atoms. The van der Waals surface area contributed by atoms with Crippen molar-refractivity contribution in [2.24, 2.45) is 0 Å². The number of likely N-dealkylation sites (tertiary alicyclic amines) is 1. The van der Waals surface area contributed by atoms with Crippen molar-refractivity contribution in [2.75, 3.05) is 7.05 Å². The average Bonchev–Trinajstić information content (AvgIpc) is 3.20. The van der Waals surface area contributed by atoms with E-state index in [4.69, 9.17) is 4.74 Å². The summed E-state index contributed by atoms with van der Waals surface area (Å²) in [5, 5.41) is 9.50. The Labute approximate surface area is 176 Å². The van der Waals surface area contributed by atoms with Gasteiger partial charge in [0.25, 0.3) is 0 Å². The summed E-state index contributed by atoms with van der Waals surface area (Å²) in [5.41, 5.74) is 2.53. The van der Waals surface area contributed by atoms with Crippen molar-refractivity contribution in [3.63, 3.8) is 0 Å². The molecule has 6 nitrogen and oxygen atoms in total. The van der Waals surface area contributed by atoms with Crippen LogP contribution in [0.1, 0.15) is 54.2 Å². The summed E-state index contributed by atoms with van der Waals surface area (Å²) in [7, 11) is 1.87. The average molecular weight is 400 g/mol. The molecule has 0 aliphatic carbocycles. The van der Waals surface area contributed by atoms with Gasteiger partial charge in [0.15, 0.2) is 0 Å². The van der Waals surface area contributed by atoms with E-state index in [-0.39, 0.29) is 11.9 Å². The fourth-order valence-electron chi connectivity index (χ4n) is 3.90. The molecule has 0 saturated carbocycles. The molecule has 1 aliphatic rings. The number of nitrogens with one attached hydrogen (secondary N) is 1. The SMILES string of the molecule is CN1C(=O)CCCCC1c1cccc(Oc2cc(Cc3ncc[nH]3)ccc2C#N)c1. The quantitative estimate of drug-likeness (QED) is 0.671. The number of amides is 1. The normalized spacial score (nSPS) is 16.7. The van der Waals surface area contributed by atoms with E-state index in [1.165, 1.54) is 0 Å². The van der Waals surface area contributed by atoms with Crippen LogP contribution in [0.3, 0.4) is 0 Å². The predicted molar refractivity (Wildman–Crippen MR) is 113 cm³/mol. The number of carbonyl (C=O) groups is 1. The molecule has 30 heavy (non-hydrogen) atoms. The van der Waals surface area contributed by atoms with E-state index in [0.29, 0.717) is 29.9 Å². The third kappa shape index (κ3) is 4.36. The number of hydrogen-bond donors (Lipinski definition) is 1. The first-order chi connectivity index (χ1) is 14.6. The van der Waals surface area contributed by atoms with Gasteiger partial charge in [0, 0.05) is 32.3 Å². The van der Waals surface area contributed by atoms with E-state index in [2.05, 4.69) is 16.0 Å². The van der Waals surface area contributed by atoms with Gasteiger partial charge < -0.3 is 14.6 Å².